The lowest BCUT2D eigenvalue weighted by Gasteiger charge is -1.96. The molecule has 0 spiro atoms. The summed E-state index contributed by atoms with van der Waals surface area (Å²) in [6.45, 7) is 9.54. The molecule has 0 unspecified atom stereocenters. The zero-order chi connectivity index (χ0) is 19.1. The summed E-state index contributed by atoms with van der Waals surface area (Å²) in [6, 6.07) is 14.6. The van der Waals surface area contributed by atoms with Gasteiger partial charge in [-0.05, 0) is 38.1 Å². The minimum absolute atomic E-state index is 0.0712. The van der Waals surface area contributed by atoms with E-state index in [1.165, 1.54) is 0 Å². The largest absolute Gasteiger partial charge is 0.310 e. The molecule has 0 bridgehead atoms. The third kappa shape index (κ3) is 4.30. The fourth-order valence-electron chi connectivity index (χ4n) is 2.41. The quantitative estimate of drug-likeness (QED) is 0.477. The molecule has 2 N–H and O–H groups in total. The lowest BCUT2D eigenvalue weighted by atomic mass is 10.2. The average Bonchev–Trinajstić information content (AvgIpc) is 2.64. The second-order valence-corrected chi connectivity index (χ2v) is 5.34. The van der Waals surface area contributed by atoms with Crippen LogP contribution in [0.4, 0.5) is 0 Å². The molecule has 6 heteroatoms. The van der Waals surface area contributed by atoms with Gasteiger partial charge in [0.1, 0.15) is 11.6 Å². The number of nitrogens with zero attached hydrogens (tertiary/aromatic N) is 2. The molecule has 0 fully saturated rings. The van der Waals surface area contributed by atoms with Crippen LogP contribution in [0.15, 0.2) is 71.3 Å². The van der Waals surface area contributed by atoms with E-state index in [4.69, 9.17) is 0 Å². The molecule has 2 heterocycles. The van der Waals surface area contributed by atoms with Crippen molar-refractivity contribution in [3.8, 4) is 0 Å². The normalized spacial score (nSPS) is 9.77. The number of benzene rings is 2. The van der Waals surface area contributed by atoms with Gasteiger partial charge >= 0.3 is 0 Å². The number of H-pyrrole nitrogens is 2. The molecule has 0 aliphatic heterocycles. The van der Waals surface area contributed by atoms with Crippen molar-refractivity contribution in [2.75, 3.05) is 0 Å². The molecule has 2 aromatic heterocycles. The molecule has 6 nitrogen and oxygen atoms in total. The molecule has 132 valence electrons. The van der Waals surface area contributed by atoms with Gasteiger partial charge in [-0.3, -0.25) is 9.59 Å². The molecule has 0 atom stereocenters. The zero-order valence-electron chi connectivity index (χ0n) is 14.7. The predicted molar refractivity (Wildman–Crippen MR) is 105 cm³/mol. The molecule has 0 aliphatic carbocycles. The summed E-state index contributed by atoms with van der Waals surface area (Å²) in [4.78, 5) is 36.3. The van der Waals surface area contributed by atoms with Crippen molar-refractivity contribution in [3.63, 3.8) is 0 Å². The average molecular weight is 348 g/mol. The summed E-state index contributed by atoms with van der Waals surface area (Å²) in [6.07, 6.45) is 0. The number of aryl methyl sites for hydroxylation is 2. The first-order valence-electron chi connectivity index (χ1n) is 7.96. The van der Waals surface area contributed by atoms with Crippen molar-refractivity contribution < 1.29 is 0 Å². The standard InChI is InChI=1S/2C9H8N2O.C2H4/c2*1-6-10-8-5-3-2-4-7(8)9(12)11-6;1-2/h2*2-5H,1H3,(H,10,11,12);1-2H2. The molecule has 0 amide bonds. The number of rotatable bonds is 0. The van der Waals surface area contributed by atoms with E-state index in [0.29, 0.717) is 22.4 Å². The minimum Gasteiger partial charge on any atom is -0.310 e. The highest BCUT2D eigenvalue weighted by molar-refractivity contribution is 5.77. The molecular formula is C20H20N4O2. The van der Waals surface area contributed by atoms with Gasteiger partial charge in [-0.2, -0.15) is 0 Å². The molecule has 2 aromatic carbocycles. The van der Waals surface area contributed by atoms with Gasteiger partial charge in [-0.1, -0.05) is 24.3 Å². The Morgan fingerprint density at radius 2 is 1.04 bits per heavy atom. The summed E-state index contributed by atoms with van der Waals surface area (Å²) >= 11 is 0. The number of hydrogen-bond acceptors (Lipinski definition) is 4. The smallest absolute Gasteiger partial charge is 0.258 e. The van der Waals surface area contributed by atoms with Crippen LogP contribution in [0.1, 0.15) is 11.6 Å². The lowest BCUT2D eigenvalue weighted by Crippen LogP contribution is -2.09. The molecule has 0 saturated carbocycles. The van der Waals surface area contributed by atoms with Crippen LogP contribution in [0.3, 0.4) is 0 Å². The van der Waals surface area contributed by atoms with Crippen LogP contribution in [-0.4, -0.2) is 19.9 Å². The van der Waals surface area contributed by atoms with Gasteiger partial charge in [0.05, 0.1) is 21.8 Å². The summed E-state index contributed by atoms with van der Waals surface area (Å²) in [5.74, 6) is 1.30. The van der Waals surface area contributed by atoms with Crippen LogP contribution < -0.4 is 11.1 Å². The van der Waals surface area contributed by atoms with E-state index in [0.717, 1.165) is 11.0 Å². The molecule has 0 aliphatic rings. The maximum absolute atomic E-state index is 11.3. The first-order chi connectivity index (χ1) is 12.5. The van der Waals surface area contributed by atoms with Gasteiger partial charge in [0.2, 0.25) is 0 Å². The maximum Gasteiger partial charge on any atom is 0.258 e. The van der Waals surface area contributed by atoms with Crippen LogP contribution in [0.5, 0.6) is 0 Å². The van der Waals surface area contributed by atoms with Crippen LogP contribution in [0, 0.1) is 13.8 Å². The van der Waals surface area contributed by atoms with Gasteiger partial charge in [0.15, 0.2) is 0 Å². The van der Waals surface area contributed by atoms with Gasteiger partial charge in [0.25, 0.3) is 11.1 Å². The molecule has 0 saturated heterocycles. The Kier molecular flexibility index (Phi) is 6.16. The zero-order valence-corrected chi connectivity index (χ0v) is 14.7. The first kappa shape index (κ1) is 18.8. The van der Waals surface area contributed by atoms with E-state index in [2.05, 4.69) is 33.1 Å². The van der Waals surface area contributed by atoms with Crippen molar-refractivity contribution in [1.29, 1.82) is 0 Å². The number of aromatic amines is 2. The highest BCUT2D eigenvalue weighted by Crippen LogP contribution is 2.05. The summed E-state index contributed by atoms with van der Waals surface area (Å²) in [5.41, 5.74) is 1.36. The Balaban J connectivity index is 0.000000171. The fourth-order valence-corrected chi connectivity index (χ4v) is 2.41. The Morgan fingerprint density at radius 1 is 0.692 bits per heavy atom. The lowest BCUT2D eigenvalue weighted by molar-refractivity contribution is 1.06. The van der Waals surface area contributed by atoms with E-state index >= 15 is 0 Å². The summed E-state index contributed by atoms with van der Waals surface area (Å²) in [7, 11) is 0. The van der Waals surface area contributed by atoms with Crippen LogP contribution in [0.25, 0.3) is 21.8 Å². The highest BCUT2D eigenvalue weighted by Gasteiger charge is 1.98. The maximum atomic E-state index is 11.3. The Morgan fingerprint density at radius 3 is 1.42 bits per heavy atom. The van der Waals surface area contributed by atoms with Gasteiger partial charge in [-0.15, -0.1) is 13.2 Å². The van der Waals surface area contributed by atoms with Crippen LogP contribution in [-0.2, 0) is 0 Å². The molecule has 4 rings (SSSR count). The first-order valence-corrected chi connectivity index (χ1v) is 7.96. The van der Waals surface area contributed by atoms with E-state index in [9.17, 15) is 9.59 Å². The van der Waals surface area contributed by atoms with Gasteiger partial charge < -0.3 is 9.97 Å². The topological polar surface area (TPSA) is 91.5 Å². The van der Waals surface area contributed by atoms with Crippen LogP contribution in [0.2, 0.25) is 0 Å². The SMILES string of the molecule is C=C.Cc1nc2ccccc2c(=O)[nH]1.Cc1nc2ccccc2c(=O)[nH]1. The molecule has 26 heavy (non-hydrogen) atoms. The van der Waals surface area contributed by atoms with Crippen molar-refractivity contribution in [1.82, 2.24) is 19.9 Å². The van der Waals surface area contributed by atoms with E-state index in [1.807, 2.05) is 36.4 Å². The van der Waals surface area contributed by atoms with Crippen molar-refractivity contribution >= 4 is 21.8 Å². The van der Waals surface area contributed by atoms with E-state index in [1.54, 1.807) is 26.0 Å². The third-order valence-electron chi connectivity index (χ3n) is 3.46. The van der Waals surface area contributed by atoms with E-state index < -0.39 is 0 Å². The minimum atomic E-state index is -0.0712. The Hall–Kier alpha value is -3.54. The molecule has 0 radical (unpaired) electrons. The van der Waals surface area contributed by atoms with Gasteiger partial charge in [-0.25, -0.2) is 9.97 Å². The summed E-state index contributed by atoms with van der Waals surface area (Å²) in [5, 5.41) is 1.28. The van der Waals surface area contributed by atoms with Gasteiger partial charge in [0, 0.05) is 0 Å². The second-order valence-electron chi connectivity index (χ2n) is 5.34. The monoisotopic (exact) mass is 348 g/mol. The Labute approximate surface area is 150 Å². The predicted octanol–water partition coefficient (Wildman–Crippen LogP) is 3.27. The highest BCUT2D eigenvalue weighted by atomic mass is 16.1. The number of nitrogens with one attached hydrogen (secondary N) is 2. The second kappa shape index (κ2) is 8.53. The van der Waals surface area contributed by atoms with E-state index in [-0.39, 0.29) is 11.1 Å². The molecular weight excluding hydrogens is 328 g/mol. The Bertz CT molecular complexity index is 1050. The third-order valence-corrected chi connectivity index (χ3v) is 3.46. The van der Waals surface area contributed by atoms with Crippen molar-refractivity contribution in [3.05, 3.63) is 94.0 Å². The number of fused-ring (bicyclic) bond motifs is 2. The number of hydrogen-bond donors (Lipinski definition) is 2. The fraction of sp³-hybridized carbons (Fsp3) is 0.100. The van der Waals surface area contributed by atoms with Crippen molar-refractivity contribution in [2.45, 2.75) is 13.8 Å². The number of aromatic nitrogens is 4. The summed E-state index contributed by atoms with van der Waals surface area (Å²) < 4.78 is 0. The van der Waals surface area contributed by atoms with Crippen molar-refractivity contribution in [2.24, 2.45) is 0 Å². The van der Waals surface area contributed by atoms with Crippen LogP contribution >= 0.6 is 0 Å². The molecule has 4 aromatic rings. The number of para-hydroxylation sites is 2.